The fraction of sp³-hybridized carbons (Fsp3) is 0.211. The van der Waals surface area contributed by atoms with Gasteiger partial charge in [-0.25, -0.2) is 0 Å². The summed E-state index contributed by atoms with van der Waals surface area (Å²) in [6.07, 6.45) is 0.319. The predicted octanol–water partition coefficient (Wildman–Crippen LogP) is 2.33. The molecule has 0 aliphatic carbocycles. The van der Waals surface area contributed by atoms with E-state index in [2.05, 4.69) is 26.7 Å². The highest BCUT2D eigenvalue weighted by molar-refractivity contribution is 5.95. The van der Waals surface area contributed by atoms with Gasteiger partial charge in [0, 0.05) is 24.0 Å². The molecule has 0 saturated heterocycles. The number of nitrogens with zero attached hydrogens (tertiary/aromatic N) is 5. The molecular weight excluding hydrogens is 344 g/mol. The van der Waals surface area contributed by atoms with Crippen molar-refractivity contribution in [1.29, 1.82) is 5.26 Å². The Balaban J connectivity index is 1.81. The average molecular weight is 360 g/mol. The van der Waals surface area contributed by atoms with Crippen LogP contribution in [0.25, 0.3) is 5.82 Å². The van der Waals surface area contributed by atoms with Crippen molar-refractivity contribution in [2.45, 2.75) is 19.3 Å². The van der Waals surface area contributed by atoms with Gasteiger partial charge in [0.05, 0.1) is 24.4 Å². The van der Waals surface area contributed by atoms with Crippen molar-refractivity contribution in [2.75, 3.05) is 12.4 Å². The maximum absolute atomic E-state index is 12.4. The maximum Gasteiger partial charge on any atom is 0.233 e. The summed E-state index contributed by atoms with van der Waals surface area (Å²) in [6, 6.07) is 12.8. The highest BCUT2D eigenvalue weighted by Crippen LogP contribution is 2.40. The monoisotopic (exact) mass is 360 g/mol. The molecule has 134 valence electrons. The van der Waals surface area contributed by atoms with Gasteiger partial charge in [-0.3, -0.25) is 4.79 Å². The Morgan fingerprint density at radius 2 is 2.00 bits per heavy atom. The zero-order valence-electron chi connectivity index (χ0n) is 14.8. The van der Waals surface area contributed by atoms with Crippen molar-refractivity contribution in [3.05, 3.63) is 58.8 Å². The number of aromatic nitrogens is 4. The summed E-state index contributed by atoms with van der Waals surface area (Å²) < 4.78 is 6.63. The molecule has 3 aromatic rings. The van der Waals surface area contributed by atoms with Crippen molar-refractivity contribution in [3.8, 4) is 17.8 Å². The minimum absolute atomic E-state index is 0.0977. The van der Waals surface area contributed by atoms with E-state index in [-0.39, 0.29) is 11.8 Å². The smallest absolute Gasteiger partial charge is 0.233 e. The third kappa shape index (κ3) is 2.89. The molecule has 0 bridgehead atoms. The van der Waals surface area contributed by atoms with Crippen molar-refractivity contribution in [2.24, 2.45) is 0 Å². The van der Waals surface area contributed by atoms with Gasteiger partial charge in [-0.1, -0.05) is 12.1 Å². The zero-order chi connectivity index (χ0) is 19.0. The molecule has 1 aliphatic heterocycles. The van der Waals surface area contributed by atoms with Crippen LogP contribution in [0.1, 0.15) is 34.7 Å². The lowest BCUT2D eigenvalue weighted by Crippen LogP contribution is -2.25. The number of nitriles is 1. The molecule has 1 N–H and O–H groups in total. The Morgan fingerprint density at radius 1 is 1.22 bits per heavy atom. The molecule has 27 heavy (non-hydrogen) atoms. The van der Waals surface area contributed by atoms with E-state index in [9.17, 15) is 4.79 Å². The second-order valence-electron chi connectivity index (χ2n) is 6.23. The van der Waals surface area contributed by atoms with Crippen LogP contribution < -0.4 is 10.1 Å². The molecule has 1 aliphatic rings. The van der Waals surface area contributed by atoms with Crippen LogP contribution in [0.2, 0.25) is 0 Å². The number of carbonyl (C=O) groups is 1. The Bertz CT molecular complexity index is 1050. The first kappa shape index (κ1) is 16.7. The van der Waals surface area contributed by atoms with Gasteiger partial charge in [0.1, 0.15) is 5.82 Å². The third-order valence-electron chi connectivity index (χ3n) is 4.60. The van der Waals surface area contributed by atoms with E-state index in [1.807, 2.05) is 19.1 Å². The Morgan fingerprint density at radius 3 is 2.63 bits per heavy atom. The van der Waals surface area contributed by atoms with Crippen LogP contribution in [-0.4, -0.2) is 33.0 Å². The van der Waals surface area contributed by atoms with E-state index in [4.69, 9.17) is 10.00 Å². The highest BCUT2D eigenvalue weighted by atomic mass is 16.5. The molecule has 0 spiro atoms. The molecule has 0 saturated carbocycles. The minimum Gasteiger partial charge on any atom is -0.480 e. The van der Waals surface area contributed by atoms with Crippen LogP contribution in [0, 0.1) is 18.3 Å². The van der Waals surface area contributed by atoms with Gasteiger partial charge in [0.2, 0.25) is 11.8 Å². The molecule has 1 aromatic carbocycles. The number of amides is 1. The van der Waals surface area contributed by atoms with Crippen LogP contribution in [0.15, 0.2) is 36.4 Å². The first-order valence-corrected chi connectivity index (χ1v) is 8.38. The number of rotatable bonds is 3. The predicted molar refractivity (Wildman–Crippen MR) is 96.7 cm³/mol. The molecular formula is C19H16N6O2. The van der Waals surface area contributed by atoms with Crippen LogP contribution in [0.4, 0.5) is 5.82 Å². The molecule has 4 rings (SSSR count). The lowest BCUT2D eigenvalue weighted by atomic mass is 9.85. The quantitative estimate of drug-likeness (QED) is 0.768. The Hall–Kier alpha value is -3.73. The fourth-order valence-corrected chi connectivity index (χ4v) is 3.32. The van der Waals surface area contributed by atoms with Crippen molar-refractivity contribution >= 4 is 11.7 Å². The van der Waals surface area contributed by atoms with Gasteiger partial charge >= 0.3 is 0 Å². The summed E-state index contributed by atoms with van der Waals surface area (Å²) in [7, 11) is 1.52. The number of nitrogens with one attached hydrogen (secondary N) is 1. The van der Waals surface area contributed by atoms with Gasteiger partial charge < -0.3 is 10.1 Å². The highest BCUT2D eigenvalue weighted by Gasteiger charge is 2.32. The van der Waals surface area contributed by atoms with Crippen LogP contribution in [0.5, 0.6) is 5.88 Å². The van der Waals surface area contributed by atoms with Gasteiger partial charge in [-0.05, 0) is 30.7 Å². The zero-order valence-corrected chi connectivity index (χ0v) is 14.8. The van der Waals surface area contributed by atoms with E-state index < -0.39 is 0 Å². The normalized spacial score (nSPS) is 15.6. The third-order valence-corrected chi connectivity index (χ3v) is 4.60. The largest absolute Gasteiger partial charge is 0.480 e. The number of hydrogen-bond donors (Lipinski definition) is 1. The summed E-state index contributed by atoms with van der Waals surface area (Å²) in [5, 5.41) is 24.6. The van der Waals surface area contributed by atoms with Gasteiger partial charge in [-0.15, -0.1) is 10.2 Å². The molecule has 3 heterocycles. The number of fused-ring (bicyclic) bond motifs is 1. The second-order valence-corrected chi connectivity index (χ2v) is 6.23. The lowest BCUT2D eigenvalue weighted by Gasteiger charge is -2.24. The van der Waals surface area contributed by atoms with Crippen LogP contribution in [-0.2, 0) is 4.79 Å². The number of hydrogen-bond acceptors (Lipinski definition) is 6. The maximum atomic E-state index is 12.4. The van der Waals surface area contributed by atoms with Gasteiger partial charge in [0.15, 0.2) is 5.82 Å². The molecule has 0 unspecified atom stereocenters. The molecule has 0 radical (unpaired) electrons. The summed E-state index contributed by atoms with van der Waals surface area (Å²) in [5.41, 5.74) is 3.29. The van der Waals surface area contributed by atoms with Gasteiger partial charge in [0.25, 0.3) is 0 Å². The summed E-state index contributed by atoms with van der Waals surface area (Å²) >= 11 is 0. The van der Waals surface area contributed by atoms with Crippen molar-refractivity contribution < 1.29 is 9.53 Å². The van der Waals surface area contributed by atoms with E-state index in [0.29, 0.717) is 29.5 Å². The van der Waals surface area contributed by atoms with E-state index in [1.165, 1.54) is 7.11 Å². The van der Waals surface area contributed by atoms with E-state index in [0.717, 1.165) is 16.8 Å². The van der Waals surface area contributed by atoms with Crippen molar-refractivity contribution in [3.63, 3.8) is 0 Å². The number of benzene rings is 1. The van der Waals surface area contributed by atoms with Crippen molar-refractivity contribution in [1.82, 2.24) is 20.0 Å². The topological polar surface area (TPSA) is 106 Å². The Kier molecular flexibility index (Phi) is 4.05. The fourth-order valence-electron chi connectivity index (χ4n) is 3.32. The summed E-state index contributed by atoms with van der Waals surface area (Å²) in [6.45, 7) is 1.90. The van der Waals surface area contributed by atoms with E-state index >= 15 is 0 Å². The SMILES string of the molecule is COc1ccc(-n2nc(C)c3c2NC(=O)C[C@@H]3c2ccc(C#N)cc2)nn1. The summed E-state index contributed by atoms with van der Waals surface area (Å²) in [5.74, 6) is 1.25. The number of methoxy groups -OCH3 is 1. The number of ether oxygens (including phenoxy) is 1. The number of carbonyl (C=O) groups excluding carboxylic acids is 1. The minimum atomic E-state index is -0.138. The molecule has 1 amide bonds. The first-order chi connectivity index (χ1) is 13.1. The number of anilines is 1. The second kappa shape index (κ2) is 6.53. The Labute approximate surface area is 155 Å². The lowest BCUT2D eigenvalue weighted by molar-refractivity contribution is -0.116. The molecule has 8 heteroatoms. The average Bonchev–Trinajstić information content (AvgIpc) is 3.04. The molecule has 1 atom stereocenters. The standard InChI is InChI=1S/C19H16N6O2/c1-11-18-14(13-5-3-12(10-20)4-6-13)9-16(26)21-19(18)25(24-11)15-7-8-17(27-2)23-22-15/h3-8,14H,9H2,1-2H3,(H,21,26)/t14-/m1/s1. The molecule has 2 aromatic heterocycles. The molecule has 0 fully saturated rings. The van der Waals surface area contributed by atoms with Crippen LogP contribution in [0.3, 0.4) is 0 Å². The van der Waals surface area contributed by atoms with E-state index in [1.54, 1.807) is 28.9 Å². The first-order valence-electron chi connectivity index (χ1n) is 8.38. The molecule has 8 nitrogen and oxygen atoms in total. The number of aryl methyl sites for hydroxylation is 1. The summed E-state index contributed by atoms with van der Waals surface area (Å²) in [4.78, 5) is 12.4. The van der Waals surface area contributed by atoms with Crippen LogP contribution >= 0.6 is 0 Å². The van der Waals surface area contributed by atoms with Gasteiger partial charge in [-0.2, -0.15) is 15.0 Å².